The standard InChI is InChI=1S/C20H33FN4O.HI/c1-5-25-12-9-16(10-13-25)8-11-23-20(22-2)24(3)15-17-6-7-19(26-4)18(21)14-17;/h6-7,14,16H,5,8-13,15H2,1-4H3,(H,22,23);1H. The van der Waals surface area contributed by atoms with Crippen LogP contribution in [0.2, 0.25) is 0 Å². The van der Waals surface area contributed by atoms with Gasteiger partial charge in [0, 0.05) is 27.2 Å². The van der Waals surface area contributed by atoms with E-state index in [1.54, 1.807) is 13.1 Å². The molecule has 1 fully saturated rings. The van der Waals surface area contributed by atoms with Crippen molar-refractivity contribution in [3.05, 3.63) is 29.6 Å². The van der Waals surface area contributed by atoms with Gasteiger partial charge >= 0.3 is 0 Å². The van der Waals surface area contributed by atoms with Gasteiger partial charge < -0.3 is 19.9 Å². The number of likely N-dealkylation sites (tertiary alicyclic amines) is 1. The molecule has 7 heteroatoms. The number of nitrogens with zero attached hydrogens (tertiary/aromatic N) is 3. The average molecular weight is 492 g/mol. The van der Waals surface area contributed by atoms with Crippen LogP contribution >= 0.6 is 24.0 Å². The highest BCUT2D eigenvalue weighted by Crippen LogP contribution is 2.20. The van der Waals surface area contributed by atoms with Crippen molar-refractivity contribution in [2.24, 2.45) is 10.9 Å². The summed E-state index contributed by atoms with van der Waals surface area (Å²) in [6.07, 6.45) is 3.74. The number of piperidine rings is 1. The molecule has 1 aromatic rings. The summed E-state index contributed by atoms with van der Waals surface area (Å²) in [6.45, 7) is 7.35. The summed E-state index contributed by atoms with van der Waals surface area (Å²) in [5.74, 6) is 1.57. The van der Waals surface area contributed by atoms with Crippen LogP contribution in [-0.4, -0.2) is 63.1 Å². The topological polar surface area (TPSA) is 40.1 Å². The number of guanidine groups is 1. The number of halogens is 2. The summed E-state index contributed by atoms with van der Waals surface area (Å²) >= 11 is 0. The second-order valence-corrected chi connectivity index (χ2v) is 6.97. The van der Waals surface area contributed by atoms with E-state index in [0.29, 0.717) is 6.54 Å². The Bertz CT molecular complexity index is 591. The van der Waals surface area contributed by atoms with Crippen LogP contribution in [0.1, 0.15) is 31.7 Å². The van der Waals surface area contributed by atoms with Gasteiger partial charge in [0.1, 0.15) is 0 Å². The van der Waals surface area contributed by atoms with Gasteiger partial charge in [-0.05, 0) is 62.5 Å². The molecule has 0 amide bonds. The molecule has 0 saturated carbocycles. The molecule has 1 aliphatic rings. The van der Waals surface area contributed by atoms with Crippen molar-refractivity contribution in [1.82, 2.24) is 15.1 Å². The first kappa shape index (κ1) is 23.9. The Morgan fingerprint density at radius 1 is 1.37 bits per heavy atom. The highest BCUT2D eigenvalue weighted by atomic mass is 127. The van der Waals surface area contributed by atoms with Crippen LogP contribution in [0.25, 0.3) is 0 Å². The van der Waals surface area contributed by atoms with Crippen LogP contribution in [0.5, 0.6) is 5.75 Å². The van der Waals surface area contributed by atoms with Crippen LogP contribution in [0.3, 0.4) is 0 Å². The molecule has 5 nitrogen and oxygen atoms in total. The van der Waals surface area contributed by atoms with E-state index in [0.717, 1.165) is 30.5 Å². The molecule has 0 radical (unpaired) electrons. The monoisotopic (exact) mass is 492 g/mol. The zero-order valence-electron chi connectivity index (χ0n) is 17.0. The fourth-order valence-corrected chi connectivity index (χ4v) is 3.52. The van der Waals surface area contributed by atoms with Crippen molar-refractivity contribution in [3.8, 4) is 5.75 Å². The fourth-order valence-electron chi connectivity index (χ4n) is 3.52. The third-order valence-electron chi connectivity index (χ3n) is 5.20. The third-order valence-corrected chi connectivity index (χ3v) is 5.20. The van der Waals surface area contributed by atoms with Gasteiger partial charge in [-0.3, -0.25) is 4.99 Å². The summed E-state index contributed by atoms with van der Waals surface area (Å²) in [4.78, 5) is 8.89. The number of hydrogen-bond acceptors (Lipinski definition) is 3. The van der Waals surface area contributed by atoms with Crippen molar-refractivity contribution in [2.75, 3.05) is 47.4 Å². The van der Waals surface area contributed by atoms with Gasteiger partial charge in [0.25, 0.3) is 0 Å². The zero-order chi connectivity index (χ0) is 18.9. The first-order valence-electron chi connectivity index (χ1n) is 9.53. The maximum atomic E-state index is 13.9. The third kappa shape index (κ3) is 7.44. The minimum atomic E-state index is -0.334. The number of methoxy groups -OCH3 is 1. The van der Waals surface area contributed by atoms with E-state index in [2.05, 4.69) is 22.1 Å². The molecule has 0 aliphatic carbocycles. The smallest absolute Gasteiger partial charge is 0.193 e. The van der Waals surface area contributed by atoms with Gasteiger partial charge in [-0.2, -0.15) is 0 Å². The molecule has 0 bridgehead atoms. The van der Waals surface area contributed by atoms with Gasteiger partial charge in [0.05, 0.1) is 7.11 Å². The Kier molecular flexibility index (Phi) is 11.0. The largest absolute Gasteiger partial charge is 0.494 e. The Morgan fingerprint density at radius 2 is 2.07 bits per heavy atom. The highest BCUT2D eigenvalue weighted by Gasteiger charge is 2.18. The summed E-state index contributed by atoms with van der Waals surface area (Å²) in [6, 6.07) is 5.06. The quantitative estimate of drug-likeness (QED) is 0.359. The van der Waals surface area contributed by atoms with E-state index in [-0.39, 0.29) is 35.5 Å². The summed E-state index contributed by atoms with van der Waals surface area (Å²) in [5.41, 5.74) is 0.890. The molecule has 27 heavy (non-hydrogen) atoms. The van der Waals surface area contributed by atoms with Crippen molar-refractivity contribution >= 4 is 29.9 Å². The van der Waals surface area contributed by atoms with Crippen molar-refractivity contribution < 1.29 is 9.13 Å². The summed E-state index contributed by atoms with van der Waals surface area (Å²) < 4.78 is 18.8. The molecule has 0 unspecified atom stereocenters. The second-order valence-electron chi connectivity index (χ2n) is 6.97. The predicted molar refractivity (Wildman–Crippen MR) is 121 cm³/mol. The van der Waals surface area contributed by atoms with Gasteiger partial charge in [0.15, 0.2) is 17.5 Å². The molecule has 0 atom stereocenters. The summed E-state index contributed by atoms with van der Waals surface area (Å²) in [5, 5.41) is 3.44. The summed E-state index contributed by atoms with van der Waals surface area (Å²) in [7, 11) is 5.23. The molecule has 1 aliphatic heterocycles. The maximum Gasteiger partial charge on any atom is 0.193 e. The molecular formula is C20H34FIN4O. The molecule has 0 aromatic heterocycles. The lowest BCUT2D eigenvalue weighted by Crippen LogP contribution is -2.40. The minimum absolute atomic E-state index is 0. The van der Waals surface area contributed by atoms with E-state index in [9.17, 15) is 4.39 Å². The van der Waals surface area contributed by atoms with Gasteiger partial charge in [0.2, 0.25) is 0 Å². The number of nitrogens with one attached hydrogen (secondary N) is 1. The number of hydrogen-bond donors (Lipinski definition) is 1. The van der Waals surface area contributed by atoms with Crippen molar-refractivity contribution in [2.45, 2.75) is 32.7 Å². The molecule has 1 aromatic carbocycles. The predicted octanol–water partition coefficient (Wildman–Crippen LogP) is 3.58. The first-order chi connectivity index (χ1) is 12.6. The number of aliphatic imine (C=N–C) groups is 1. The van der Waals surface area contributed by atoms with Crippen LogP contribution in [-0.2, 0) is 6.54 Å². The number of benzene rings is 1. The highest BCUT2D eigenvalue weighted by molar-refractivity contribution is 14.0. The van der Waals surface area contributed by atoms with Gasteiger partial charge in [-0.25, -0.2) is 4.39 Å². The number of rotatable bonds is 7. The Morgan fingerprint density at radius 3 is 2.63 bits per heavy atom. The van der Waals surface area contributed by atoms with Crippen LogP contribution in [0.15, 0.2) is 23.2 Å². The minimum Gasteiger partial charge on any atom is -0.494 e. The molecule has 0 spiro atoms. The zero-order valence-corrected chi connectivity index (χ0v) is 19.3. The average Bonchev–Trinajstić information content (AvgIpc) is 2.66. The Balaban J connectivity index is 0.00000364. The second kappa shape index (κ2) is 12.4. The van der Waals surface area contributed by atoms with Crippen molar-refractivity contribution in [3.63, 3.8) is 0 Å². The van der Waals surface area contributed by atoms with Gasteiger partial charge in [-0.15, -0.1) is 24.0 Å². The van der Waals surface area contributed by atoms with E-state index in [4.69, 9.17) is 4.74 Å². The van der Waals surface area contributed by atoms with Crippen LogP contribution in [0.4, 0.5) is 4.39 Å². The lowest BCUT2D eigenvalue weighted by Gasteiger charge is -2.31. The fraction of sp³-hybridized carbons (Fsp3) is 0.650. The normalized spacial score (nSPS) is 16.0. The first-order valence-corrected chi connectivity index (χ1v) is 9.53. The van der Waals surface area contributed by atoms with E-state index >= 15 is 0 Å². The Labute approximate surface area is 180 Å². The Hall–Kier alpha value is -1.09. The molecule has 1 heterocycles. The molecule has 1 saturated heterocycles. The van der Waals surface area contributed by atoms with Gasteiger partial charge in [-0.1, -0.05) is 13.0 Å². The van der Waals surface area contributed by atoms with Crippen LogP contribution < -0.4 is 10.1 Å². The molecule has 2 rings (SSSR count). The van der Waals surface area contributed by atoms with Crippen LogP contribution in [0, 0.1) is 11.7 Å². The molecule has 1 N–H and O–H groups in total. The van der Waals surface area contributed by atoms with E-state index in [1.807, 2.05) is 18.0 Å². The lowest BCUT2D eigenvalue weighted by molar-refractivity contribution is 0.187. The lowest BCUT2D eigenvalue weighted by atomic mass is 9.93. The number of ether oxygens (including phenoxy) is 1. The SMILES string of the molecule is CCN1CCC(CCNC(=NC)N(C)Cc2ccc(OC)c(F)c2)CC1.I. The molecular weight excluding hydrogens is 458 g/mol. The van der Waals surface area contributed by atoms with E-state index < -0.39 is 0 Å². The van der Waals surface area contributed by atoms with Crippen molar-refractivity contribution in [1.29, 1.82) is 0 Å². The van der Waals surface area contributed by atoms with E-state index in [1.165, 1.54) is 45.5 Å². The maximum absolute atomic E-state index is 13.9. The molecule has 154 valence electrons.